The summed E-state index contributed by atoms with van der Waals surface area (Å²) < 4.78 is 7.39. The predicted molar refractivity (Wildman–Crippen MR) is 144 cm³/mol. The molecule has 0 saturated heterocycles. The molecule has 6 heteroatoms. The standard InChI is InChI=1S/C29H34N4O2/c1-35-18-8-16-32-28(34)11-6-3-7-17-33-27-20-23(31)13-15-25(27)24-14-12-22(30)19-26(24)29(33)21-9-4-2-5-10-21/h2,4-5,9-10,12-15,19-20,31H,3,6-8,11,16-18,30H2,1H3,(H,32,34)/p+1. The molecule has 1 heterocycles. The Balaban J connectivity index is 1.61. The molecule has 0 fully saturated rings. The van der Waals surface area contributed by atoms with E-state index in [4.69, 9.17) is 16.2 Å². The molecule has 1 amide bonds. The molecule has 0 spiro atoms. The summed E-state index contributed by atoms with van der Waals surface area (Å²) in [6.07, 6.45) is 4.16. The highest BCUT2D eigenvalue weighted by molar-refractivity contribution is 6.10. The molecule has 0 aliphatic carbocycles. The average molecular weight is 472 g/mol. The average Bonchev–Trinajstić information content (AvgIpc) is 2.86. The van der Waals surface area contributed by atoms with Gasteiger partial charge in [-0.2, -0.15) is 4.57 Å². The third-order valence-electron chi connectivity index (χ3n) is 6.35. The number of ether oxygens (including phenoxy) is 1. The van der Waals surface area contributed by atoms with Gasteiger partial charge in [-0.3, -0.25) is 4.79 Å². The lowest BCUT2D eigenvalue weighted by Gasteiger charge is -2.13. The molecule has 182 valence electrons. The molecule has 0 saturated carbocycles. The molecule has 5 N–H and O–H groups in total. The molecule has 0 bridgehead atoms. The van der Waals surface area contributed by atoms with E-state index in [0.29, 0.717) is 19.6 Å². The number of unbranched alkanes of at least 4 members (excludes halogenated alkanes) is 2. The van der Waals surface area contributed by atoms with Gasteiger partial charge in [0.15, 0.2) is 0 Å². The highest BCUT2D eigenvalue weighted by atomic mass is 16.5. The van der Waals surface area contributed by atoms with Crippen LogP contribution in [0.1, 0.15) is 32.1 Å². The van der Waals surface area contributed by atoms with Crippen LogP contribution in [0.5, 0.6) is 0 Å². The van der Waals surface area contributed by atoms with E-state index in [1.54, 1.807) is 7.11 Å². The Morgan fingerprint density at radius 3 is 2.37 bits per heavy atom. The van der Waals surface area contributed by atoms with E-state index < -0.39 is 0 Å². The molecule has 4 rings (SSSR count). The SMILES string of the molecule is COCCCNC(=O)CCCCC[n+]1c(-c2ccccc2)c2cc(N)ccc2c2ccc(N)cc21. The van der Waals surface area contributed by atoms with Crippen molar-refractivity contribution in [2.75, 3.05) is 31.7 Å². The summed E-state index contributed by atoms with van der Waals surface area (Å²) in [5, 5.41) is 6.41. The summed E-state index contributed by atoms with van der Waals surface area (Å²) in [5.74, 6) is 0.109. The van der Waals surface area contributed by atoms with E-state index in [2.05, 4.69) is 58.4 Å². The number of hydrogen-bond acceptors (Lipinski definition) is 4. The third kappa shape index (κ3) is 5.89. The number of pyridine rings is 1. The van der Waals surface area contributed by atoms with Gasteiger partial charge < -0.3 is 21.5 Å². The van der Waals surface area contributed by atoms with Crippen LogP contribution in [-0.4, -0.2) is 26.2 Å². The van der Waals surface area contributed by atoms with E-state index >= 15 is 0 Å². The van der Waals surface area contributed by atoms with Crippen LogP contribution < -0.4 is 21.4 Å². The van der Waals surface area contributed by atoms with Crippen LogP contribution in [0.25, 0.3) is 32.9 Å². The fourth-order valence-electron chi connectivity index (χ4n) is 4.66. The fraction of sp³-hybridized carbons (Fsp3) is 0.310. The molecule has 6 nitrogen and oxygen atoms in total. The number of carbonyl (C=O) groups is 1. The Bertz CT molecular complexity index is 1300. The number of nitrogens with two attached hydrogens (primary N) is 2. The van der Waals surface area contributed by atoms with Gasteiger partial charge in [0.2, 0.25) is 17.1 Å². The van der Waals surface area contributed by atoms with Crippen molar-refractivity contribution in [3.05, 3.63) is 66.7 Å². The number of methoxy groups -OCH3 is 1. The number of carbonyl (C=O) groups excluding carboxylic acids is 1. The minimum atomic E-state index is 0.109. The second-order valence-electron chi connectivity index (χ2n) is 8.95. The van der Waals surface area contributed by atoms with Crippen molar-refractivity contribution in [1.29, 1.82) is 0 Å². The molecule has 4 aromatic rings. The highest BCUT2D eigenvalue weighted by Gasteiger charge is 2.23. The van der Waals surface area contributed by atoms with Gasteiger partial charge in [0.25, 0.3) is 0 Å². The number of aryl methyl sites for hydroxylation is 1. The monoisotopic (exact) mass is 471 g/mol. The van der Waals surface area contributed by atoms with Gasteiger partial charge in [0.05, 0.1) is 10.8 Å². The Morgan fingerprint density at radius 1 is 0.857 bits per heavy atom. The second kappa shape index (κ2) is 11.7. The van der Waals surface area contributed by atoms with E-state index in [1.807, 2.05) is 18.2 Å². The maximum absolute atomic E-state index is 12.1. The van der Waals surface area contributed by atoms with Crippen molar-refractivity contribution in [3.8, 4) is 11.3 Å². The van der Waals surface area contributed by atoms with Crippen LogP contribution in [0.2, 0.25) is 0 Å². The number of nitrogens with zero attached hydrogens (tertiary/aromatic N) is 1. The molecular weight excluding hydrogens is 436 g/mol. The first-order chi connectivity index (χ1) is 17.1. The molecule has 1 aromatic heterocycles. The van der Waals surface area contributed by atoms with Crippen LogP contribution in [0.15, 0.2) is 66.7 Å². The van der Waals surface area contributed by atoms with Crippen molar-refractivity contribution >= 4 is 39.0 Å². The number of amides is 1. The van der Waals surface area contributed by atoms with Crippen molar-refractivity contribution in [1.82, 2.24) is 5.32 Å². The summed E-state index contributed by atoms with van der Waals surface area (Å²) in [5.41, 5.74) is 17.3. The number of benzene rings is 3. The first-order valence-corrected chi connectivity index (χ1v) is 12.3. The molecule has 0 aliphatic heterocycles. The number of anilines is 2. The lowest BCUT2D eigenvalue weighted by Crippen LogP contribution is -2.38. The maximum Gasteiger partial charge on any atom is 0.220 e. The van der Waals surface area contributed by atoms with E-state index in [-0.39, 0.29) is 5.91 Å². The highest BCUT2D eigenvalue weighted by Crippen LogP contribution is 2.33. The topological polar surface area (TPSA) is 94.2 Å². The Morgan fingerprint density at radius 2 is 1.60 bits per heavy atom. The van der Waals surface area contributed by atoms with Crippen LogP contribution >= 0.6 is 0 Å². The van der Waals surface area contributed by atoms with E-state index in [9.17, 15) is 4.79 Å². The predicted octanol–water partition coefficient (Wildman–Crippen LogP) is 4.83. The molecular formula is C29H35N4O2+. The van der Waals surface area contributed by atoms with E-state index in [0.717, 1.165) is 76.5 Å². The Hall–Kier alpha value is -3.64. The Labute approximate surface area is 206 Å². The van der Waals surface area contributed by atoms with Gasteiger partial charge in [-0.25, -0.2) is 0 Å². The zero-order valence-electron chi connectivity index (χ0n) is 20.4. The fourth-order valence-corrected chi connectivity index (χ4v) is 4.66. The zero-order valence-corrected chi connectivity index (χ0v) is 20.4. The summed E-state index contributed by atoms with van der Waals surface area (Å²) in [7, 11) is 1.67. The number of aromatic nitrogens is 1. The number of hydrogen-bond donors (Lipinski definition) is 3. The van der Waals surface area contributed by atoms with Gasteiger partial charge in [-0.1, -0.05) is 24.3 Å². The van der Waals surface area contributed by atoms with Gasteiger partial charge in [0, 0.05) is 61.5 Å². The zero-order chi connectivity index (χ0) is 24.6. The molecule has 0 radical (unpaired) electrons. The quantitative estimate of drug-likeness (QED) is 0.126. The van der Waals surface area contributed by atoms with Crippen molar-refractivity contribution in [2.24, 2.45) is 0 Å². The van der Waals surface area contributed by atoms with E-state index in [1.165, 1.54) is 0 Å². The first-order valence-electron chi connectivity index (χ1n) is 12.3. The maximum atomic E-state index is 12.1. The molecule has 0 unspecified atom stereocenters. The summed E-state index contributed by atoms with van der Waals surface area (Å²) >= 11 is 0. The van der Waals surface area contributed by atoms with Gasteiger partial charge in [-0.15, -0.1) is 0 Å². The number of nitrogen functional groups attached to an aromatic ring is 2. The van der Waals surface area contributed by atoms with Crippen LogP contribution in [0, 0.1) is 0 Å². The lowest BCUT2D eigenvalue weighted by molar-refractivity contribution is -0.659. The van der Waals surface area contributed by atoms with Gasteiger partial charge in [0.1, 0.15) is 6.54 Å². The molecule has 0 atom stereocenters. The Kier molecular flexibility index (Phi) is 8.16. The largest absolute Gasteiger partial charge is 0.399 e. The summed E-state index contributed by atoms with van der Waals surface area (Å²) in [6.45, 7) is 2.15. The number of fused-ring (bicyclic) bond motifs is 3. The lowest BCUT2D eigenvalue weighted by atomic mass is 9.98. The van der Waals surface area contributed by atoms with Crippen LogP contribution in [-0.2, 0) is 16.1 Å². The minimum Gasteiger partial charge on any atom is -0.399 e. The second-order valence-corrected chi connectivity index (χ2v) is 8.95. The van der Waals surface area contributed by atoms with Crippen LogP contribution in [0.4, 0.5) is 11.4 Å². The smallest absolute Gasteiger partial charge is 0.220 e. The van der Waals surface area contributed by atoms with Gasteiger partial charge in [-0.05, 0) is 55.7 Å². The molecule has 3 aromatic carbocycles. The minimum absolute atomic E-state index is 0.109. The summed E-state index contributed by atoms with van der Waals surface area (Å²) in [4.78, 5) is 12.1. The first kappa shape index (κ1) is 24.5. The number of rotatable bonds is 11. The van der Waals surface area contributed by atoms with Crippen molar-refractivity contribution in [3.63, 3.8) is 0 Å². The molecule has 35 heavy (non-hydrogen) atoms. The van der Waals surface area contributed by atoms with Crippen molar-refractivity contribution in [2.45, 2.75) is 38.6 Å². The molecule has 0 aliphatic rings. The van der Waals surface area contributed by atoms with Crippen molar-refractivity contribution < 1.29 is 14.1 Å². The van der Waals surface area contributed by atoms with Gasteiger partial charge >= 0.3 is 0 Å². The third-order valence-corrected chi connectivity index (χ3v) is 6.35. The number of nitrogens with one attached hydrogen (secondary N) is 1. The normalized spacial score (nSPS) is 11.2. The summed E-state index contributed by atoms with van der Waals surface area (Å²) in [6, 6.07) is 22.7. The van der Waals surface area contributed by atoms with Crippen LogP contribution in [0.3, 0.4) is 0 Å².